The maximum absolute atomic E-state index is 12.9. The number of carbonyl (C=O) groups is 1. The van der Waals surface area contributed by atoms with Crippen LogP contribution in [0, 0.1) is 0 Å². The van der Waals surface area contributed by atoms with Gasteiger partial charge in [-0.3, -0.25) is 24.4 Å². The van der Waals surface area contributed by atoms with Gasteiger partial charge in [-0.2, -0.15) is 0 Å². The third-order valence-corrected chi connectivity index (χ3v) is 19.8. The van der Waals surface area contributed by atoms with E-state index in [-0.39, 0.29) is 18.2 Å². The predicted octanol–water partition coefficient (Wildman–Crippen LogP) is 19.0. The molecule has 0 amide bonds. The van der Waals surface area contributed by atoms with Crippen LogP contribution in [0.5, 0.6) is 0 Å². The first kappa shape index (κ1) is 85.3. The van der Waals surface area contributed by atoms with Gasteiger partial charge in [-0.25, -0.2) is 0 Å². The second kappa shape index (κ2) is 67.7. The monoisotopic (exact) mass is 1290 g/mol. The van der Waals surface area contributed by atoms with Crippen LogP contribution in [-0.4, -0.2) is 167 Å². The number of piperazine rings is 1. The summed E-state index contributed by atoms with van der Waals surface area (Å²) in [4.78, 5) is 22.5. The van der Waals surface area contributed by atoms with Crippen molar-refractivity contribution in [1.82, 2.24) is 19.6 Å². The fourth-order valence-electron chi connectivity index (χ4n) is 11.7. The molecule has 0 aromatic carbocycles. The second-order valence-corrected chi connectivity index (χ2v) is 28.6. The Labute approximate surface area is 558 Å². The van der Waals surface area contributed by atoms with Crippen molar-refractivity contribution in [2.75, 3.05) is 96.6 Å². The Morgan fingerprint density at radius 1 is 0.393 bits per heavy atom. The van der Waals surface area contributed by atoms with Crippen LogP contribution in [0.25, 0.3) is 0 Å². The summed E-state index contributed by atoms with van der Waals surface area (Å²) in [5.74, 6) is 2.12. The average molecular weight is 1290 g/mol. The number of carbonyl (C=O) groups excluding carboxylic acids is 1. The molecule has 0 radical (unpaired) electrons. The van der Waals surface area contributed by atoms with Gasteiger partial charge in [-0.1, -0.05) is 263 Å². The molecular weight excluding hydrogens is 1140 g/mol. The van der Waals surface area contributed by atoms with Gasteiger partial charge in [0.15, 0.2) is 0 Å². The van der Waals surface area contributed by atoms with E-state index in [1.165, 1.54) is 116 Å². The first-order valence-corrected chi connectivity index (χ1v) is 40.1. The summed E-state index contributed by atoms with van der Waals surface area (Å²) >= 11 is 0. The number of rotatable bonds is 67. The molecule has 1 rings (SSSR count). The molecule has 89 heavy (non-hydrogen) atoms. The Morgan fingerprint density at radius 2 is 0.730 bits per heavy atom. The topological polar surface area (TPSA) is 120 Å². The number of aliphatic hydroxyl groups excluding tert-OH is 4. The van der Waals surface area contributed by atoms with Crippen molar-refractivity contribution >= 4 is 27.6 Å². The van der Waals surface area contributed by atoms with Crippen molar-refractivity contribution in [3.8, 4) is 0 Å². The van der Waals surface area contributed by atoms with Crippen LogP contribution in [0.2, 0.25) is 0 Å². The molecule has 0 bridgehead atoms. The van der Waals surface area contributed by atoms with Gasteiger partial charge >= 0.3 is 5.97 Å². The Kier molecular flexibility index (Phi) is 64.9. The van der Waals surface area contributed by atoms with Crippen LogP contribution >= 0.6 is 21.6 Å². The van der Waals surface area contributed by atoms with Crippen molar-refractivity contribution in [2.24, 2.45) is 0 Å². The fraction of sp³-hybridized carbons (Fsp3) is 0.831. The van der Waals surface area contributed by atoms with Crippen LogP contribution in [0.4, 0.5) is 0 Å². The van der Waals surface area contributed by atoms with E-state index < -0.39 is 12.2 Å². The Bertz CT molecular complexity index is 1590. The molecule has 0 aliphatic carbocycles. The van der Waals surface area contributed by atoms with Gasteiger partial charge in [-0.15, -0.1) is 0 Å². The van der Waals surface area contributed by atoms with Gasteiger partial charge in [0.05, 0.1) is 24.4 Å². The molecule has 4 N–H and O–H groups in total. The summed E-state index contributed by atoms with van der Waals surface area (Å²) in [7, 11) is 3.98. The number of ether oxygens (including phenoxy) is 1. The molecule has 10 nitrogen and oxygen atoms in total. The van der Waals surface area contributed by atoms with E-state index in [1.54, 1.807) is 0 Å². The normalized spacial score (nSPS) is 15.3. The highest BCUT2D eigenvalue weighted by molar-refractivity contribution is 8.76. The summed E-state index contributed by atoms with van der Waals surface area (Å²) in [6.07, 6.45) is 71.0. The first-order chi connectivity index (χ1) is 43.7. The lowest BCUT2D eigenvalue weighted by Gasteiger charge is -2.34. The molecule has 1 aliphatic heterocycles. The quantitative estimate of drug-likeness (QED) is 0.0201. The summed E-state index contributed by atoms with van der Waals surface area (Å²) in [6.45, 7) is 19.5. The van der Waals surface area contributed by atoms with E-state index in [4.69, 9.17) is 4.74 Å². The first-order valence-electron chi connectivity index (χ1n) is 37.6. The molecule has 1 aliphatic rings. The van der Waals surface area contributed by atoms with Crippen LogP contribution in [0.3, 0.4) is 0 Å². The van der Waals surface area contributed by atoms with Gasteiger partial charge in [-0.05, 0) is 129 Å². The third kappa shape index (κ3) is 61.0. The van der Waals surface area contributed by atoms with Crippen LogP contribution in [0.15, 0.2) is 72.9 Å². The van der Waals surface area contributed by atoms with Crippen LogP contribution in [-0.2, 0) is 9.53 Å². The van der Waals surface area contributed by atoms with E-state index in [2.05, 4.69) is 120 Å². The van der Waals surface area contributed by atoms with Crippen molar-refractivity contribution in [3.63, 3.8) is 0 Å². The van der Waals surface area contributed by atoms with Crippen molar-refractivity contribution in [1.29, 1.82) is 0 Å². The molecule has 1 fully saturated rings. The Morgan fingerprint density at radius 3 is 1.13 bits per heavy atom. The molecule has 0 aromatic rings. The van der Waals surface area contributed by atoms with Gasteiger partial charge in [0.2, 0.25) is 0 Å². The Balaban J connectivity index is 2.40. The molecule has 1 heterocycles. The largest absolute Gasteiger partial charge is 0.464 e. The van der Waals surface area contributed by atoms with Gasteiger partial charge in [0, 0.05) is 83.4 Å². The minimum absolute atomic E-state index is 0.126. The number of unbranched alkanes of at least 4 members (excludes halogenated alkanes) is 24. The zero-order chi connectivity index (χ0) is 64.4. The highest BCUT2D eigenvalue weighted by Gasteiger charge is 2.20. The van der Waals surface area contributed by atoms with Crippen LogP contribution < -0.4 is 0 Å². The lowest BCUT2D eigenvalue weighted by atomic mass is 10.0. The number of hydrogen-bond acceptors (Lipinski definition) is 12. The number of aliphatic hydroxyl groups is 4. The molecule has 4 unspecified atom stereocenters. The molecule has 1 saturated heterocycles. The van der Waals surface area contributed by atoms with E-state index >= 15 is 0 Å². The molecule has 520 valence electrons. The Hall–Kier alpha value is -1.71. The molecule has 0 saturated carbocycles. The summed E-state index contributed by atoms with van der Waals surface area (Å²) < 4.78 is 5.74. The van der Waals surface area contributed by atoms with E-state index in [9.17, 15) is 25.2 Å². The molecule has 0 aromatic heterocycles. The van der Waals surface area contributed by atoms with Gasteiger partial charge < -0.3 is 25.2 Å². The molecule has 4 atom stereocenters. The van der Waals surface area contributed by atoms with Crippen molar-refractivity contribution < 1.29 is 30.0 Å². The number of esters is 1. The van der Waals surface area contributed by atoms with E-state index in [0.29, 0.717) is 39.2 Å². The van der Waals surface area contributed by atoms with Crippen molar-refractivity contribution in [3.05, 3.63) is 72.9 Å². The summed E-state index contributed by atoms with van der Waals surface area (Å²) in [6, 6.07) is 0. The van der Waals surface area contributed by atoms with Crippen LogP contribution in [0.1, 0.15) is 291 Å². The highest BCUT2D eigenvalue weighted by Crippen LogP contribution is 2.23. The smallest absolute Gasteiger partial charge is 0.305 e. The molecule has 12 heteroatoms. The second-order valence-electron chi connectivity index (χ2n) is 25.9. The highest BCUT2D eigenvalue weighted by atomic mass is 33.1. The number of allylic oxidation sites excluding steroid dienone is 12. The average Bonchev–Trinajstić information content (AvgIpc) is 3.61. The van der Waals surface area contributed by atoms with Gasteiger partial charge in [0.1, 0.15) is 6.61 Å². The predicted molar refractivity (Wildman–Crippen MR) is 392 cm³/mol. The zero-order valence-electron chi connectivity index (χ0n) is 58.5. The minimum Gasteiger partial charge on any atom is -0.464 e. The van der Waals surface area contributed by atoms with E-state index in [1.807, 2.05) is 21.6 Å². The lowest BCUT2D eigenvalue weighted by molar-refractivity contribution is -0.144. The van der Waals surface area contributed by atoms with Crippen molar-refractivity contribution in [2.45, 2.75) is 315 Å². The molecular formula is C77H144N4O6S2. The standard InChI is InChI=1S/C77H144N4O6S2/c1-5-9-13-17-21-25-27-29-31-33-35-39-43-47-53-73(82)69-80(70-74(83)54-48-44-40-36-34-32-30-28-26-22-18-14-10-6-2)58-50-49-57-77(86)87-66-64-78-60-62-79(63-61-78)65-68-89-88-67-52-51-59-81(71-75(84)55-45-41-37-23-19-15-11-7-3)72-76(85)56-46-42-38-24-20-16-12-8-4/h9-10,13-14,21-22,25-26,29-32,73-76,82-85H,5-8,11-12,15-20,23-24,27-28,33-72H2,1-4H3/b13-9-,14-10-,25-21-,26-22-,31-29-,32-30-. The maximum Gasteiger partial charge on any atom is 0.305 e. The minimum atomic E-state index is -0.418. The maximum atomic E-state index is 12.9. The zero-order valence-corrected chi connectivity index (χ0v) is 60.2. The third-order valence-electron chi connectivity index (χ3n) is 17.3. The summed E-state index contributed by atoms with van der Waals surface area (Å²) in [5.41, 5.74) is 0. The lowest BCUT2D eigenvalue weighted by Crippen LogP contribution is -2.47. The van der Waals surface area contributed by atoms with E-state index in [0.717, 1.165) is 205 Å². The molecule has 0 spiro atoms. The number of hydrogen-bond donors (Lipinski definition) is 4. The fourth-order valence-corrected chi connectivity index (χ4v) is 13.9. The van der Waals surface area contributed by atoms with Gasteiger partial charge in [0.25, 0.3) is 0 Å². The summed E-state index contributed by atoms with van der Waals surface area (Å²) in [5, 5.41) is 44.4. The SMILES string of the molecule is CC/C=C\C/C=C\C/C=C\CCCCCCC(O)CN(CCCCC(=O)OCCN1CCN(CCSSCCCCN(CC(O)CCCCCCCCCC)CC(O)CCCCCCCCCC)CC1)CC(O)CCCCCC/C=C\C/C=C\C/C=C\CC. The number of nitrogens with zero attached hydrogens (tertiary/aromatic N) is 4.